The van der Waals surface area contributed by atoms with Crippen LogP contribution in [0.15, 0.2) is 12.4 Å². The standard InChI is InChI=1S/C15H27N3/c1-4-18-11-13(9-17-18)8-14-6-5-7-15(14)10-16-12(2)3/h9,11-12,14-16H,4-8,10H2,1-3H3. The highest BCUT2D eigenvalue weighted by molar-refractivity contribution is 5.06. The van der Waals surface area contributed by atoms with E-state index >= 15 is 0 Å². The molecule has 3 heteroatoms. The zero-order valence-electron chi connectivity index (χ0n) is 12.0. The molecule has 2 unspecified atom stereocenters. The number of nitrogens with one attached hydrogen (secondary N) is 1. The van der Waals surface area contributed by atoms with Gasteiger partial charge in [0.1, 0.15) is 0 Å². The van der Waals surface area contributed by atoms with Crippen molar-refractivity contribution in [3.8, 4) is 0 Å². The van der Waals surface area contributed by atoms with Crippen LogP contribution in [0, 0.1) is 11.8 Å². The summed E-state index contributed by atoms with van der Waals surface area (Å²) in [5.41, 5.74) is 1.42. The van der Waals surface area contributed by atoms with Crippen molar-refractivity contribution in [1.29, 1.82) is 0 Å². The van der Waals surface area contributed by atoms with E-state index in [1.807, 2.05) is 4.68 Å². The largest absolute Gasteiger partial charge is 0.314 e. The molecule has 0 saturated heterocycles. The summed E-state index contributed by atoms with van der Waals surface area (Å²) < 4.78 is 2.03. The van der Waals surface area contributed by atoms with Gasteiger partial charge in [-0.2, -0.15) is 5.10 Å². The maximum absolute atomic E-state index is 4.38. The topological polar surface area (TPSA) is 29.9 Å². The van der Waals surface area contributed by atoms with Gasteiger partial charge in [-0.25, -0.2) is 0 Å². The van der Waals surface area contributed by atoms with Crippen molar-refractivity contribution >= 4 is 0 Å². The van der Waals surface area contributed by atoms with Crippen LogP contribution in [0.1, 0.15) is 45.6 Å². The summed E-state index contributed by atoms with van der Waals surface area (Å²) in [5.74, 6) is 1.71. The predicted molar refractivity (Wildman–Crippen MR) is 75.6 cm³/mol. The molecule has 3 nitrogen and oxygen atoms in total. The van der Waals surface area contributed by atoms with Gasteiger partial charge in [0.25, 0.3) is 0 Å². The number of hydrogen-bond acceptors (Lipinski definition) is 2. The molecule has 0 aliphatic heterocycles. The molecule has 1 aliphatic carbocycles. The first-order valence-electron chi connectivity index (χ1n) is 7.43. The number of hydrogen-bond donors (Lipinski definition) is 1. The van der Waals surface area contributed by atoms with Gasteiger partial charge in [0.05, 0.1) is 6.20 Å². The van der Waals surface area contributed by atoms with E-state index in [4.69, 9.17) is 0 Å². The highest BCUT2D eigenvalue weighted by Gasteiger charge is 2.27. The first-order valence-corrected chi connectivity index (χ1v) is 7.43. The fourth-order valence-electron chi connectivity index (χ4n) is 3.03. The molecular weight excluding hydrogens is 222 g/mol. The Kier molecular flexibility index (Phi) is 4.81. The molecule has 1 fully saturated rings. The number of nitrogens with zero attached hydrogens (tertiary/aromatic N) is 2. The second kappa shape index (κ2) is 6.37. The fraction of sp³-hybridized carbons (Fsp3) is 0.800. The summed E-state index contributed by atoms with van der Waals surface area (Å²) in [5, 5.41) is 7.98. The third-order valence-electron chi connectivity index (χ3n) is 4.11. The molecule has 102 valence electrons. The van der Waals surface area contributed by atoms with Gasteiger partial charge in [0.15, 0.2) is 0 Å². The fourth-order valence-corrected chi connectivity index (χ4v) is 3.03. The average molecular weight is 249 g/mol. The first kappa shape index (κ1) is 13.6. The second-order valence-electron chi connectivity index (χ2n) is 5.92. The quantitative estimate of drug-likeness (QED) is 0.840. The Morgan fingerprint density at radius 1 is 1.39 bits per heavy atom. The molecule has 1 saturated carbocycles. The van der Waals surface area contributed by atoms with Crippen molar-refractivity contribution in [2.45, 2.75) is 59.0 Å². The smallest absolute Gasteiger partial charge is 0.0521 e. The van der Waals surface area contributed by atoms with E-state index < -0.39 is 0 Å². The third kappa shape index (κ3) is 3.58. The molecule has 1 aliphatic rings. The zero-order chi connectivity index (χ0) is 13.0. The van der Waals surface area contributed by atoms with Gasteiger partial charge in [0, 0.05) is 18.8 Å². The highest BCUT2D eigenvalue weighted by atomic mass is 15.3. The molecule has 0 radical (unpaired) electrons. The normalized spacial score (nSPS) is 24.0. The van der Waals surface area contributed by atoms with E-state index in [-0.39, 0.29) is 0 Å². The third-order valence-corrected chi connectivity index (χ3v) is 4.11. The second-order valence-corrected chi connectivity index (χ2v) is 5.92. The molecule has 0 aromatic carbocycles. The lowest BCUT2D eigenvalue weighted by Gasteiger charge is -2.20. The van der Waals surface area contributed by atoms with Crippen LogP contribution in [-0.4, -0.2) is 22.4 Å². The molecule has 18 heavy (non-hydrogen) atoms. The van der Waals surface area contributed by atoms with Crippen molar-refractivity contribution in [2.75, 3.05) is 6.54 Å². The molecule has 1 heterocycles. The molecule has 1 N–H and O–H groups in total. The van der Waals surface area contributed by atoms with Crippen LogP contribution in [0.5, 0.6) is 0 Å². The van der Waals surface area contributed by atoms with E-state index in [1.165, 1.54) is 37.8 Å². The van der Waals surface area contributed by atoms with Crippen LogP contribution in [-0.2, 0) is 13.0 Å². The number of aromatic nitrogens is 2. The van der Waals surface area contributed by atoms with Crippen molar-refractivity contribution in [3.63, 3.8) is 0 Å². The first-order chi connectivity index (χ1) is 8.69. The van der Waals surface area contributed by atoms with Gasteiger partial charge in [-0.15, -0.1) is 0 Å². The monoisotopic (exact) mass is 249 g/mol. The van der Waals surface area contributed by atoms with Crippen LogP contribution in [0.2, 0.25) is 0 Å². The lowest BCUT2D eigenvalue weighted by molar-refractivity contribution is 0.354. The van der Waals surface area contributed by atoms with Crippen LogP contribution in [0.25, 0.3) is 0 Å². The van der Waals surface area contributed by atoms with E-state index in [9.17, 15) is 0 Å². The molecule has 0 bridgehead atoms. The summed E-state index contributed by atoms with van der Waals surface area (Å²) in [6.45, 7) is 8.76. The SMILES string of the molecule is CCn1cc(CC2CCCC2CNC(C)C)cn1. The molecule has 1 aromatic heterocycles. The summed E-state index contributed by atoms with van der Waals surface area (Å²) in [7, 11) is 0. The average Bonchev–Trinajstić information content (AvgIpc) is 2.96. The van der Waals surface area contributed by atoms with Crippen molar-refractivity contribution in [3.05, 3.63) is 18.0 Å². The Hall–Kier alpha value is -0.830. The maximum Gasteiger partial charge on any atom is 0.0521 e. The van der Waals surface area contributed by atoms with Gasteiger partial charge in [0.2, 0.25) is 0 Å². The van der Waals surface area contributed by atoms with Gasteiger partial charge < -0.3 is 5.32 Å². The summed E-state index contributed by atoms with van der Waals surface area (Å²) in [6.07, 6.45) is 9.66. The Labute approximate surface area is 111 Å². The summed E-state index contributed by atoms with van der Waals surface area (Å²) in [6, 6.07) is 0.606. The van der Waals surface area contributed by atoms with E-state index in [2.05, 4.69) is 43.6 Å². The predicted octanol–water partition coefficient (Wildman–Crippen LogP) is 2.86. The van der Waals surface area contributed by atoms with Gasteiger partial charge >= 0.3 is 0 Å². The summed E-state index contributed by atoms with van der Waals surface area (Å²) >= 11 is 0. The molecule has 2 rings (SSSR count). The minimum Gasteiger partial charge on any atom is -0.314 e. The molecule has 2 atom stereocenters. The minimum absolute atomic E-state index is 0.606. The highest BCUT2D eigenvalue weighted by Crippen LogP contribution is 2.33. The van der Waals surface area contributed by atoms with E-state index in [0.717, 1.165) is 18.4 Å². The van der Waals surface area contributed by atoms with Crippen LogP contribution in [0.3, 0.4) is 0 Å². The lowest BCUT2D eigenvalue weighted by atomic mass is 9.90. The Morgan fingerprint density at radius 3 is 2.83 bits per heavy atom. The Morgan fingerprint density at radius 2 is 2.17 bits per heavy atom. The molecule has 0 amide bonds. The summed E-state index contributed by atoms with van der Waals surface area (Å²) in [4.78, 5) is 0. The Balaban J connectivity index is 1.87. The van der Waals surface area contributed by atoms with Crippen molar-refractivity contribution in [2.24, 2.45) is 11.8 Å². The zero-order valence-corrected chi connectivity index (χ0v) is 12.0. The molecular formula is C15H27N3. The number of aryl methyl sites for hydroxylation is 1. The van der Waals surface area contributed by atoms with E-state index in [1.54, 1.807) is 0 Å². The van der Waals surface area contributed by atoms with Crippen LogP contribution in [0.4, 0.5) is 0 Å². The van der Waals surface area contributed by atoms with Crippen molar-refractivity contribution < 1.29 is 0 Å². The van der Waals surface area contributed by atoms with Gasteiger partial charge in [-0.05, 0) is 50.1 Å². The minimum atomic E-state index is 0.606. The van der Waals surface area contributed by atoms with Crippen molar-refractivity contribution in [1.82, 2.24) is 15.1 Å². The van der Waals surface area contributed by atoms with Gasteiger partial charge in [-0.1, -0.05) is 20.3 Å². The van der Waals surface area contributed by atoms with E-state index in [0.29, 0.717) is 6.04 Å². The van der Waals surface area contributed by atoms with Gasteiger partial charge in [-0.3, -0.25) is 4.68 Å². The number of rotatable bonds is 6. The molecule has 0 spiro atoms. The lowest BCUT2D eigenvalue weighted by Crippen LogP contribution is -2.31. The van der Waals surface area contributed by atoms with Crippen LogP contribution >= 0.6 is 0 Å². The maximum atomic E-state index is 4.38. The van der Waals surface area contributed by atoms with Crippen LogP contribution < -0.4 is 5.32 Å². The Bertz CT molecular complexity index is 356. The molecule has 1 aromatic rings.